The number of hydrogen-bond donors (Lipinski definition) is 1. The Kier molecular flexibility index (Phi) is 4.12. The Hall–Kier alpha value is -1.60. The molecule has 1 nitrogen and oxygen atoms in total. The molecule has 0 fully saturated rings. The molecule has 0 aromatic heterocycles. The molecule has 0 saturated heterocycles. The summed E-state index contributed by atoms with van der Waals surface area (Å²) in [5, 5.41) is 3.70. The minimum absolute atomic E-state index is 0.506. The Morgan fingerprint density at radius 1 is 1.05 bits per heavy atom. The summed E-state index contributed by atoms with van der Waals surface area (Å²) >= 11 is 0. The van der Waals surface area contributed by atoms with Crippen molar-refractivity contribution in [3.8, 4) is 0 Å². The van der Waals surface area contributed by atoms with Crippen LogP contribution in [-0.4, -0.2) is 6.54 Å². The van der Waals surface area contributed by atoms with Gasteiger partial charge < -0.3 is 5.32 Å². The van der Waals surface area contributed by atoms with E-state index in [-0.39, 0.29) is 0 Å². The first-order valence-corrected chi connectivity index (χ1v) is 8.05. The van der Waals surface area contributed by atoms with Crippen molar-refractivity contribution in [2.75, 3.05) is 6.54 Å². The zero-order valence-corrected chi connectivity index (χ0v) is 13.3. The maximum absolute atomic E-state index is 3.70. The second kappa shape index (κ2) is 6.03. The quantitative estimate of drug-likeness (QED) is 0.876. The maximum atomic E-state index is 3.70. The molecule has 1 heteroatoms. The van der Waals surface area contributed by atoms with E-state index in [0.29, 0.717) is 12.0 Å². The van der Waals surface area contributed by atoms with Crippen molar-refractivity contribution in [1.29, 1.82) is 0 Å². The van der Waals surface area contributed by atoms with Gasteiger partial charge in [0.05, 0.1) is 0 Å². The Bertz CT molecular complexity index is 609. The highest BCUT2D eigenvalue weighted by atomic mass is 14.9. The average molecular weight is 279 g/mol. The Morgan fingerprint density at radius 2 is 1.76 bits per heavy atom. The summed E-state index contributed by atoms with van der Waals surface area (Å²) < 4.78 is 0. The molecule has 0 aliphatic heterocycles. The van der Waals surface area contributed by atoms with Crippen molar-refractivity contribution in [3.05, 3.63) is 70.3 Å². The van der Waals surface area contributed by atoms with Crippen LogP contribution in [-0.2, 0) is 12.8 Å². The molecule has 0 bridgehead atoms. The first-order valence-electron chi connectivity index (χ1n) is 8.05. The van der Waals surface area contributed by atoms with Crippen LogP contribution in [0.2, 0.25) is 0 Å². The van der Waals surface area contributed by atoms with Crippen molar-refractivity contribution in [3.63, 3.8) is 0 Å². The van der Waals surface area contributed by atoms with E-state index < -0.39 is 0 Å². The van der Waals surface area contributed by atoms with Crippen molar-refractivity contribution in [2.24, 2.45) is 5.92 Å². The fourth-order valence-corrected chi connectivity index (χ4v) is 3.85. The van der Waals surface area contributed by atoms with Gasteiger partial charge in [-0.3, -0.25) is 0 Å². The van der Waals surface area contributed by atoms with E-state index in [4.69, 9.17) is 0 Å². The van der Waals surface area contributed by atoms with Gasteiger partial charge in [0.15, 0.2) is 0 Å². The van der Waals surface area contributed by atoms with Crippen molar-refractivity contribution in [2.45, 2.75) is 39.7 Å². The number of hydrogen-bond acceptors (Lipinski definition) is 1. The molecular weight excluding hydrogens is 254 g/mol. The van der Waals surface area contributed by atoms with Crippen molar-refractivity contribution >= 4 is 0 Å². The largest absolute Gasteiger partial charge is 0.310 e. The van der Waals surface area contributed by atoms with Crippen LogP contribution in [0.25, 0.3) is 0 Å². The molecule has 1 aliphatic carbocycles. The predicted molar refractivity (Wildman–Crippen MR) is 89.7 cm³/mol. The van der Waals surface area contributed by atoms with Crippen LogP contribution < -0.4 is 5.32 Å². The van der Waals surface area contributed by atoms with Gasteiger partial charge in [-0.15, -0.1) is 0 Å². The molecule has 3 rings (SSSR count). The summed E-state index contributed by atoms with van der Waals surface area (Å²) in [6, 6.07) is 16.4. The van der Waals surface area contributed by atoms with Crippen molar-refractivity contribution in [1.82, 2.24) is 5.32 Å². The van der Waals surface area contributed by atoms with Gasteiger partial charge in [-0.25, -0.2) is 0 Å². The minimum atomic E-state index is 0.506. The molecule has 2 unspecified atom stereocenters. The summed E-state index contributed by atoms with van der Waals surface area (Å²) in [5.41, 5.74) is 7.26. The highest BCUT2D eigenvalue weighted by Gasteiger charge is 2.31. The van der Waals surface area contributed by atoms with E-state index >= 15 is 0 Å². The molecule has 1 aliphatic rings. The lowest BCUT2D eigenvalue weighted by Crippen LogP contribution is -2.26. The molecule has 0 amide bonds. The summed E-state index contributed by atoms with van der Waals surface area (Å²) in [5.74, 6) is 0.670. The molecule has 2 atom stereocenters. The fraction of sp³-hybridized carbons (Fsp3) is 0.400. The van der Waals surface area contributed by atoms with Gasteiger partial charge in [0.25, 0.3) is 0 Å². The van der Waals surface area contributed by atoms with Gasteiger partial charge in [-0.2, -0.15) is 0 Å². The van der Waals surface area contributed by atoms with Gasteiger partial charge >= 0.3 is 0 Å². The second-order valence-corrected chi connectivity index (χ2v) is 6.40. The second-order valence-electron chi connectivity index (χ2n) is 6.40. The zero-order chi connectivity index (χ0) is 14.8. The molecule has 0 radical (unpaired) electrons. The number of nitrogens with one attached hydrogen (secondary N) is 1. The van der Waals surface area contributed by atoms with Gasteiger partial charge in [0.2, 0.25) is 0 Å². The summed E-state index contributed by atoms with van der Waals surface area (Å²) in [6.07, 6.45) is 2.36. The highest BCUT2D eigenvalue weighted by molar-refractivity contribution is 5.37. The van der Waals surface area contributed by atoms with E-state index in [1.807, 2.05) is 0 Å². The lowest BCUT2D eigenvalue weighted by atomic mass is 9.91. The van der Waals surface area contributed by atoms with Crippen LogP contribution in [0.4, 0.5) is 0 Å². The third-order valence-corrected chi connectivity index (χ3v) is 4.55. The number of rotatable bonds is 4. The molecular formula is C20H25N. The minimum Gasteiger partial charge on any atom is -0.310 e. The molecule has 2 aromatic rings. The average Bonchev–Trinajstić information content (AvgIpc) is 2.76. The van der Waals surface area contributed by atoms with E-state index in [9.17, 15) is 0 Å². The van der Waals surface area contributed by atoms with E-state index in [0.717, 1.165) is 13.0 Å². The predicted octanol–water partition coefficient (Wildman–Crippen LogP) is 4.37. The van der Waals surface area contributed by atoms with Crippen LogP contribution in [0.15, 0.2) is 42.5 Å². The van der Waals surface area contributed by atoms with Gasteiger partial charge in [-0.05, 0) is 55.8 Å². The SMILES string of the molecule is CCNC1c2ccccc2CC1Cc1cc(C)cc(C)c1. The van der Waals surface area contributed by atoms with E-state index in [1.54, 1.807) is 0 Å². The summed E-state index contributed by atoms with van der Waals surface area (Å²) in [7, 11) is 0. The number of aryl methyl sites for hydroxylation is 2. The smallest absolute Gasteiger partial charge is 0.0357 e. The van der Waals surface area contributed by atoms with Crippen LogP contribution in [0.1, 0.15) is 40.8 Å². The van der Waals surface area contributed by atoms with Crippen molar-refractivity contribution < 1.29 is 0 Å². The Balaban J connectivity index is 1.85. The van der Waals surface area contributed by atoms with Crippen LogP contribution >= 0.6 is 0 Å². The molecule has 0 saturated carbocycles. The Labute approximate surface area is 128 Å². The first kappa shape index (κ1) is 14.3. The van der Waals surface area contributed by atoms with E-state index in [1.165, 1.54) is 34.2 Å². The van der Waals surface area contributed by atoms with Gasteiger partial charge in [0.1, 0.15) is 0 Å². The van der Waals surface area contributed by atoms with Crippen LogP contribution in [0.5, 0.6) is 0 Å². The van der Waals surface area contributed by atoms with Gasteiger partial charge in [-0.1, -0.05) is 60.5 Å². The lowest BCUT2D eigenvalue weighted by Gasteiger charge is -2.22. The molecule has 0 heterocycles. The third-order valence-electron chi connectivity index (χ3n) is 4.55. The standard InChI is InChI=1S/C20H25N/c1-4-21-20-18(13-17-7-5-6-8-19(17)20)12-16-10-14(2)9-15(3)11-16/h5-11,18,20-21H,4,12-13H2,1-3H3. The van der Waals surface area contributed by atoms with Crippen LogP contribution in [0.3, 0.4) is 0 Å². The normalized spacial score (nSPS) is 20.5. The zero-order valence-electron chi connectivity index (χ0n) is 13.3. The maximum Gasteiger partial charge on any atom is 0.0357 e. The highest BCUT2D eigenvalue weighted by Crippen LogP contribution is 2.38. The monoisotopic (exact) mass is 279 g/mol. The summed E-state index contributed by atoms with van der Waals surface area (Å²) in [4.78, 5) is 0. The molecule has 2 aromatic carbocycles. The Morgan fingerprint density at radius 3 is 2.48 bits per heavy atom. The number of fused-ring (bicyclic) bond motifs is 1. The topological polar surface area (TPSA) is 12.0 Å². The fourth-order valence-electron chi connectivity index (χ4n) is 3.85. The first-order chi connectivity index (χ1) is 10.2. The van der Waals surface area contributed by atoms with Crippen LogP contribution in [0, 0.1) is 19.8 Å². The van der Waals surface area contributed by atoms with Gasteiger partial charge in [0, 0.05) is 6.04 Å². The van der Waals surface area contributed by atoms with E-state index in [2.05, 4.69) is 68.6 Å². The molecule has 0 spiro atoms. The summed E-state index contributed by atoms with van der Waals surface area (Å²) in [6.45, 7) is 7.63. The lowest BCUT2D eigenvalue weighted by molar-refractivity contribution is 0.394. The molecule has 110 valence electrons. The third kappa shape index (κ3) is 3.03. The molecule has 1 N–H and O–H groups in total. The number of benzene rings is 2. The molecule has 21 heavy (non-hydrogen) atoms.